The van der Waals surface area contributed by atoms with E-state index in [1.54, 1.807) is 16.2 Å². The first-order valence-corrected chi connectivity index (χ1v) is 11.9. The summed E-state index contributed by atoms with van der Waals surface area (Å²) < 4.78 is 23.8. The second kappa shape index (κ2) is 7.66. The zero-order valence-electron chi connectivity index (χ0n) is 14.9. The maximum Gasteiger partial charge on any atom is 0.317 e. The minimum Gasteiger partial charge on any atom is -0.337 e. The number of sulfone groups is 1. The van der Waals surface area contributed by atoms with Crippen molar-refractivity contribution in [2.24, 2.45) is 5.92 Å². The van der Waals surface area contributed by atoms with Crippen molar-refractivity contribution in [2.75, 3.05) is 31.1 Å². The van der Waals surface area contributed by atoms with E-state index in [-0.39, 0.29) is 28.9 Å². The number of nitrogens with one attached hydrogen (secondary N) is 1. The van der Waals surface area contributed by atoms with Crippen LogP contribution in [-0.2, 0) is 15.3 Å². The molecule has 1 aliphatic heterocycles. The second-order valence-electron chi connectivity index (χ2n) is 7.64. The van der Waals surface area contributed by atoms with Crippen LogP contribution in [-0.4, -0.2) is 50.5 Å². The summed E-state index contributed by atoms with van der Waals surface area (Å²) in [6.07, 6.45) is 5.89. The summed E-state index contributed by atoms with van der Waals surface area (Å²) in [5.74, 6) is 0.232. The molecule has 1 N–H and O–H groups in total. The van der Waals surface area contributed by atoms with Gasteiger partial charge in [-0.2, -0.15) is 0 Å². The molecule has 7 heteroatoms. The number of rotatable bonds is 3. The molecule has 1 atom stereocenters. The highest BCUT2D eigenvalue weighted by atomic mass is 32.2. The predicted octanol–water partition coefficient (Wildman–Crippen LogP) is 3.03. The van der Waals surface area contributed by atoms with Crippen molar-refractivity contribution >= 4 is 27.2 Å². The number of hydrogen-bond donors (Lipinski definition) is 1. The largest absolute Gasteiger partial charge is 0.337 e. The minimum absolute atomic E-state index is 0.0146. The van der Waals surface area contributed by atoms with Crippen molar-refractivity contribution in [1.29, 1.82) is 0 Å². The maximum atomic E-state index is 12.7. The topological polar surface area (TPSA) is 66.5 Å². The molecule has 2 heterocycles. The number of carbonyl (C=O) groups is 1. The zero-order chi connectivity index (χ0) is 17.9. The van der Waals surface area contributed by atoms with Gasteiger partial charge in [0.05, 0.1) is 11.5 Å². The minimum atomic E-state index is -3.04. The van der Waals surface area contributed by atoms with Crippen molar-refractivity contribution in [3.05, 3.63) is 22.4 Å². The molecule has 5 nitrogen and oxygen atoms in total. The molecule has 0 aromatic carbocycles. The molecule has 2 amide bonds. The summed E-state index contributed by atoms with van der Waals surface area (Å²) in [6.45, 7) is 3.35. The number of urea groups is 1. The van der Waals surface area contributed by atoms with Gasteiger partial charge in [-0.3, -0.25) is 0 Å². The van der Waals surface area contributed by atoms with Crippen LogP contribution in [0.1, 0.15) is 43.9 Å². The van der Waals surface area contributed by atoms with Crippen molar-refractivity contribution < 1.29 is 13.2 Å². The van der Waals surface area contributed by atoms with Crippen molar-refractivity contribution in [3.8, 4) is 0 Å². The standard InChI is InChI=1S/C18H28N2O3S2/c1-15-12-20(9-11-25(22,23)13-15)17(21)19-14-18(7-3-2-4-8-18)16-6-5-10-24-16/h5-6,10,15H,2-4,7-9,11-14H2,1H3,(H,19,21). The summed E-state index contributed by atoms with van der Waals surface area (Å²) in [6, 6.07) is 4.15. The summed E-state index contributed by atoms with van der Waals surface area (Å²) in [5, 5.41) is 5.23. The number of carbonyl (C=O) groups excluding carboxylic acids is 1. The van der Waals surface area contributed by atoms with E-state index in [2.05, 4.69) is 22.8 Å². The molecule has 25 heavy (non-hydrogen) atoms. The fraction of sp³-hybridized carbons (Fsp3) is 0.722. The molecule has 1 aromatic rings. The van der Waals surface area contributed by atoms with Gasteiger partial charge in [-0.1, -0.05) is 32.3 Å². The van der Waals surface area contributed by atoms with Crippen LogP contribution in [0.3, 0.4) is 0 Å². The third-order valence-corrected chi connectivity index (χ3v) is 8.46. The SMILES string of the molecule is CC1CN(C(=O)NCC2(c3cccs3)CCCCC2)CCS(=O)(=O)C1. The van der Waals surface area contributed by atoms with Gasteiger partial charge in [0, 0.05) is 29.9 Å². The van der Waals surface area contributed by atoms with Gasteiger partial charge in [0.2, 0.25) is 0 Å². The fourth-order valence-electron chi connectivity index (χ4n) is 4.15. The van der Waals surface area contributed by atoms with Gasteiger partial charge in [-0.05, 0) is 30.2 Å². The lowest BCUT2D eigenvalue weighted by atomic mass is 9.73. The van der Waals surface area contributed by atoms with Crippen LogP contribution in [0.25, 0.3) is 0 Å². The Hall–Kier alpha value is -1.08. The monoisotopic (exact) mass is 384 g/mol. The van der Waals surface area contributed by atoms with E-state index in [9.17, 15) is 13.2 Å². The summed E-state index contributed by atoms with van der Waals surface area (Å²) in [5.41, 5.74) is 0.0472. The van der Waals surface area contributed by atoms with Crippen molar-refractivity contribution in [3.63, 3.8) is 0 Å². The third kappa shape index (κ3) is 4.56. The molecule has 1 saturated heterocycles. The molecule has 140 valence electrons. The first-order valence-electron chi connectivity index (χ1n) is 9.17. The van der Waals surface area contributed by atoms with Gasteiger partial charge in [0.15, 0.2) is 9.84 Å². The summed E-state index contributed by atoms with van der Waals surface area (Å²) in [4.78, 5) is 15.7. The van der Waals surface area contributed by atoms with Crippen LogP contribution in [0, 0.1) is 5.92 Å². The van der Waals surface area contributed by atoms with Gasteiger partial charge in [-0.15, -0.1) is 11.3 Å². The Morgan fingerprint density at radius 2 is 2.12 bits per heavy atom. The van der Waals surface area contributed by atoms with Crippen LogP contribution >= 0.6 is 11.3 Å². The molecule has 2 aliphatic rings. The second-order valence-corrected chi connectivity index (χ2v) is 10.8. The Morgan fingerprint density at radius 3 is 2.80 bits per heavy atom. The quantitative estimate of drug-likeness (QED) is 0.871. The van der Waals surface area contributed by atoms with E-state index >= 15 is 0 Å². The van der Waals surface area contributed by atoms with Crippen LogP contribution < -0.4 is 5.32 Å². The van der Waals surface area contributed by atoms with E-state index in [4.69, 9.17) is 0 Å². The van der Waals surface area contributed by atoms with Crippen molar-refractivity contribution in [1.82, 2.24) is 10.2 Å². The number of hydrogen-bond acceptors (Lipinski definition) is 4. The molecular formula is C18H28N2O3S2. The van der Waals surface area contributed by atoms with Crippen LogP contribution in [0.5, 0.6) is 0 Å². The highest BCUT2D eigenvalue weighted by Gasteiger charge is 2.36. The van der Waals surface area contributed by atoms with E-state index in [1.807, 2.05) is 6.92 Å². The average Bonchev–Trinajstić information content (AvgIpc) is 3.07. The molecule has 1 saturated carbocycles. The zero-order valence-corrected chi connectivity index (χ0v) is 16.5. The molecular weight excluding hydrogens is 356 g/mol. The van der Waals surface area contributed by atoms with Gasteiger partial charge in [0.25, 0.3) is 0 Å². The van der Waals surface area contributed by atoms with E-state index in [0.717, 1.165) is 12.8 Å². The van der Waals surface area contributed by atoms with Crippen LogP contribution in [0.15, 0.2) is 17.5 Å². The molecule has 1 unspecified atom stereocenters. The highest BCUT2D eigenvalue weighted by molar-refractivity contribution is 7.91. The first kappa shape index (κ1) is 18.7. The highest BCUT2D eigenvalue weighted by Crippen LogP contribution is 2.41. The Kier molecular flexibility index (Phi) is 5.73. The third-order valence-electron chi connectivity index (χ3n) is 5.46. The fourth-order valence-corrected chi connectivity index (χ4v) is 6.77. The van der Waals surface area contributed by atoms with E-state index in [0.29, 0.717) is 19.6 Å². The lowest BCUT2D eigenvalue weighted by molar-refractivity contribution is 0.189. The Morgan fingerprint density at radius 1 is 1.36 bits per heavy atom. The summed E-state index contributed by atoms with van der Waals surface area (Å²) >= 11 is 1.77. The lowest BCUT2D eigenvalue weighted by Gasteiger charge is -2.37. The van der Waals surface area contributed by atoms with Gasteiger partial charge in [0.1, 0.15) is 0 Å². The maximum absolute atomic E-state index is 12.7. The lowest BCUT2D eigenvalue weighted by Crippen LogP contribution is -2.48. The molecule has 1 aromatic heterocycles. The molecule has 0 radical (unpaired) electrons. The van der Waals surface area contributed by atoms with E-state index < -0.39 is 9.84 Å². The number of amides is 2. The smallest absolute Gasteiger partial charge is 0.317 e. The first-order chi connectivity index (χ1) is 11.9. The van der Waals surface area contributed by atoms with Gasteiger partial charge < -0.3 is 10.2 Å². The summed E-state index contributed by atoms with van der Waals surface area (Å²) in [7, 11) is -3.04. The molecule has 0 bridgehead atoms. The van der Waals surface area contributed by atoms with Crippen molar-refractivity contribution in [2.45, 2.75) is 44.4 Å². The molecule has 2 fully saturated rings. The average molecular weight is 385 g/mol. The van der Waals surface area contributed by atoms with Gasteiger partial charge >= 0.3 is 6.03 Å². The number of nitrogens with zero attached hydrogens (tertiary/aromatic N) is 1. The Bertz CT molecular complexity index is 679. The molecule has 1 aliphatic carbocycles. The Labute approximate surface area is 154 Å². The van der Waals surface area contributed by atoms with Gasteiger partial charge in [-0.25, -0.2) is 13.2 Å². The number of thiophene rings is 1. The molecule has 0 spiro atoms. The predicted molar refractivity (Wildman–Crippen MR) is 102 cm³/mol. The van der Waals surface area contributed by atoms with E-state index in [1.165, 1.54) is 24.1 Å². The Balaban J connectivity index is 1.66. The molecule has 3 rings (SSSR count). The van der Waals surface area contributed by atoms with Crippen LogP contribution in [0.2, 0.25) is 0 Å². The van der Waals surface area contributed by atoms with Crippen LogP contribution in [0.4, 0.5) is 4.79 Å². The normalized spacial score (nSPS) is 26.0.